The third kappa shape index (κ3) is 2.72. The lowest BCUT2D eigenvalue weighted by molar-refractivity contribution is 0.112. The number of hydrogen-bond acceptors (Lipinski definition) is 3. The SMILES string of the molecule is CCn1c(C)cc(N2CCCCCC2)c(C=O)c1=O. The van der Waals surface area contributed by atoms with Crippen LogP contribution in [0.2, 0.25) is 0 Å². The minimum absolute atomic E-state index is 0.156. The molecule has 4 nitrogen and oxygen atoms in total. The van der Waals surface area contributed by atoms with Crippen LogP contribution < -0.4 is 10.5 Å². The summed E-state index contributed by atoms with van der Waals surface area (Å²) in [6.45, 7) is 6.34. The molecule has 1 aromatic heterocycles. The largest absolute Gasteiger partial charge is 0.371 e. The van der Waals surface area contributed by atoms with Crippen LogP contribution in [0.4, 0.5) is 5.69 Å². The molecule has 19 heavy (non-hydrogen) atoms. The highest BCUT2D eigenvalue weighted by molar-refractivity contribution is 5.84. The van der Waals surface area contributed by atoms with Gasteiger partial charge in [-0.1, -0.05) is 12.8 Å². The van der Waals surface area contributed by atoms with Crippen LogP contribution >= 0.6 is 0 Å². The monoisotopic (exact) mass is 262 g/mol. The standard InChI is InChI=1S/C15H22N2O2/c1-3-17-12(2)10-14(13(11-18)15(17)19)16-8-6-4-5-7-9-16/h10-11H,3-9H2,1-2H3. The van der Waals surface area contributed by atoms with Crippen molar-refractivity contribution in [3.05, 3.63) is 27.7 Å². The third-order valence-corrected chi connectivity index (χ3v) is 3.90. The van der Waals surface area contributed by atoms with Crippen molar-refractivity contribution in [3.8, 4) is 0 Å². The van der Waals surface area contributed by atoms with Gasteiger partial charge in [-0.2, -0.15) is 0 Å². The van der Waals surface area contributed by atoms with Crippen molar-refractivity contribution < 1.29 is 4.79 Å². The summed E-state index contributed by atoms with van der Waals surface area (Å²) in [4.78, 5) is 25.8. The van der Waals surface area contributed by atoms with Gasteiger partial charge in [-0.25, -0.2) is 0 Å². The summed E-state index contributed by atoms with van der Waals surface area (Å²) < 4.78 is 1.66. The van der Waals surface area contributed by atoms with Gasteiger partial charge < -0.3 is 9.47 Å². The van der Waals surface area contributed by atoms with Crippen molar-refractivity contribution in [2.75, 3.05) is 18.0 Å². The molecule has 0 aliphatic carbocycles. The van der Waals surface area contributed by atoms with E-state index in [1.807, 2.05) is 19.9 Å². The van der Waals surface area contributed by atoms with Crippen LogP contribution in [0, 0.1) is 6.92 Å². The van der Waals surface area contributed by atoms with E-state index in [-0.39, 0.29) is 5.56 Å². The number of rotatable bonds is 3. The van der Waals surface area contributed by atoms with Crippen molar-refractivity contribution in [3.63, 3.8) is 0 Å². The van der Waals surface area contributed by atoms with Gasteiger partial charge in [-0.15, -0.1) is 0 Å². The Morgan fingerprint density at radius 3 is 2.37 bits per heavy atom. The molecule has 0 spiro atoms. The molecule has 4 heteroatoms. The summed E-state index contributed by atoms with van der Waals surface area (Å²) in [7, 11) is 0. The number of aryl methyl sites for hydroxylation is 1. The number of carbonyl (C=O) groups excluding carboxylic acids is 1. The predicted octanol–water partition coefficient (Wildman–Crippen LogP) is 2.37. The van der Waals surface area contributed by atoms with Crippen LogP contribution in [-0.4, -0.2) is 23.9 Å². The van der Waals surface area contributed by atoms with E-state index in [0.717, 1.165) is 37.3 Å². The molecule has 0 N–H and O–H groups in total. The quantitative estimate of drug-likeness (QED) is 0.785. The number of pyridine rings is 1. The summed E-state index contributed by atoms with van der Waals surface area (Å²) in [5, 5.41) is 0. The molecular formula is C15H22N2O2. The molecule has 1 fully saturated rings. The Balaban J connectivity index is 2.49. The van der Waals surface area contributed by atoms with Gasteiger partial charge in [0.05, 0.1) is 5.69 Å². The highest BCUT2D eigenvalue weighted by atomic mass is 16.1. The molecule has 1 saturated heterocycles. The molecule has 1 aliphatic rings. The molecule has 0 unspecified atom stereocenters. The summed E-state index contributed by atoms with van der Waals surface area (Å²) in [5.41, 5.74) is 1.91. The van der Waals surface area contributed by atoms with Crippen LogP contribution in [0.5, 0.6) is 0 Å². The molecule has 1 aromatic rings. The Morgan fingerprint density at radius 2 is 1.84 bits per heavy atom. The Labute approximate surface area is 114 Å². The Kier molecular flexibility index (Phi) is 4.40. The molecule has 0 bridgehead atoms. The van der Waals surface area contributed by atoms with E-state index in [1.165, 1.54) is 12.8 Å². The first-order valence-electron chi connectivity index (χ1n) is 7.13. The summed E-state index contributed by atoms with van der Waals surface area (Å²) in [5.74, 6) is 0. The van der Waals surface area contributed by atoms with Gasteiger partial charge in [0.1, 0.15) is 5.56 Å². The number of aromatic nitrogens is 1. The maximum atomic E-state index is 12.3. The highest BCUT2D eigenvalue weighted by Crippen LogP contribution is 2.22. The second-order valence-electron chi connectivity index (χ2n) is 5.15. The first-order chi connectivity index (χ1) is 9.19. The fourth-order valence-electron chi connectivity index (χ4n) is 2.85. The fraction of sp³-hybridized carbons (Fsp3) is 0.600. The number of hydrogen-bond donors (Lipinski definition) is 0. The van der Waals surface area contributed by atoms with Crippen molar-refractivity contribution >= 4 is 12.0 Å². The number of nitrogens with zero attached hydrogens (tertiary/aromatic N) is 2. The molecular weight excluding hydrogens is 240 g/mol. The highest BCUT2D eigenvalue weighted by Gasteiger charge is 2.18. The molecule has 0 radical (unpaired) electrons. The maximum Gasteiger partial charge on any atom is 0.263 e. The minimum atomic E-state index is -0.156. The second-order valence-corrected chi connectivity index (χ2v) is 5.15. The van der Waals surface area contributed by atoms with E-state index >= 15 is 0 Å². The van der Waals surface area contributed by atoms with Gasteiger partial charge in [-0.05, 0) is 32.8 Å². The average molecular weight is 262 g/mol. The van der Waals surface area contributed by atoms with Crippen molar-refractivity contribution in [2.45, 2.75) is 46.1 Å². The van der Waals surface area contributed by atoms with E-state index < -0.39 is 0 Å². The average Bonchev–Trinajstić information content (AvgIpc) is 2.67. The molecule has 104 valence electrons. The van der Waals surface area contributed by atoms with Gasteiger partial charge in [0.15, 0.2) is 6.29 Å². The maximum absolute atomic E-state index is 12.3. The number of carbonyl (C=O) groups is 1. The van der Waals surface area contributed by atoms with E-state index in [1.54, 1.807) is 4.57 Å². The number of aldehydes is 1. The molecule has 0 saturated carbocycles. The molecule has 0 amide bonds. The molecule has 1 aliphatic heterocycles. The normalized spacial score (nSPS) is 16.2. The van der Waals surface area contributed by atoms with Gasteiger partial charge in [0.2, 0.25) is 0 Å². The molecule has 2 heterocycles. The van der Waals surface area contributed by atoms with Crippen LogP contribution in [0.1, 0.15) is 48.7 Å². The lowest BCUT2D eigenvalue weighted by Gasteiger charge is -2.25. The topological polar surface area (TPSA) is 42.3 Å². The third-order valence-electron chi connectivity index (χ3n) is 3.90. The van der Waals surface area contributed by atoms with Crippen molar-refractivity contribution in [2.24, 2.45) is 0 Å². The second kappa shape index (κ2) is 6.04. The lowest BCUT2D eigenvalue weighted by Crippen LogP contribution is -2.32. The van der Waals surface area contributed by atoms with E-state index in [2.05, 4.69) is 4.90 Å². The zero-order valence-corrected chi connectivity index (χ0v) is 11.8. The van der Waals surface area contributed by atoms with Gasteiger partial charge >= 0.3 is 0 Å². The first kappa shape index (κ1) is 13.8. The zero-order chi connectivity index (χ0) is 13.8. The Morgan fingerprint density at radius 1 is 1.21 bits per heavy atom. The summed E-state index contributed by atoms with van der Waals surface area (Å²) in [6.07, 6.45) is 5.45. The van der Waals surface area contributed by atoms with Crippen LogP contribution in [0.3, 0.4) is 0 Å². The minimum Gasteiger partial charge on any atom is -0.371 e. The predicted molar refractivity (Wildman–Crippen MR) is 77.2 cm³/mol. The van der Waals surface area contributed by atoms with Gasteiger partial charge in [-0.3, -0.25) is 9.59 Å². The number of anilines is 1. The summed E-state index contributed by atoms with van der Waals surface area (Å²) >= 11 is 0. The van der Waals surface area contributed by atoms with Crippen molar-refractivity contribution in [1.29, 1.82) is 0 Å². The fourth-order valence-corrected chi connectivity index (χ4v) is 2.85. The summed E-state index contributed by atoms with van der Waals surface area (Å²) in [6, 6.07) is 1.99. The molecule has 0 aromatic carbocycles. The first-order valence-corrected chi connectivity index (χ1v) is 7.13. The van der Waals surface area contributed by atoms with Crippen LogP contribution in [-0.2, 0) is 6.54 Å². The molecule has 0 atom stereocenters. The van der Waals surface area contributed by atoms with Gasteiger partial charge in [0, 0.05) is 25.3 Å². The van der Waals surface area contributed by atoms with Crippen LogP contribution in [0.15, 0.2) is 10.9 Å². The van der Waals surface area contributed by atoms with E-state index in [0.29, 0.717) is 18.4 Å². The van der Waals surface area contributed by atoms with E-state index in [9.17, 15) is 9.59 Å². The molecule has 2 rings (SSSR count). The lowest BCUT2D eigenvalue weighted by atomic mass is 10.1. The van der Waals surface area contributed by atoms with Crippen LogP contribution in [0.25, 0.3) is 0 Å². The van der Waals surface area contributed by atoms with Gasteiger partial charge in [0.25, 0.3) is 5.56 Å². The Bertz CT molecular complexity index is 512. The van der Waals surface area contributed by atoms with E-state index in [4.69, 9.17) is 0 Å². The smallest absolute Gasteiger partial charge is 0.263 e. The zero-order valence-electron chi connectivity index (χ0n) is 11.8. The van der Waals surface area contributed by atoms with Crippen molar-refractivity contribution in [1.82, 2.24) is 4.57 Å². The Hall–Kier alpha value is -1.58.